The van der Waals surface area contributed by atoms with Gasteiger partial charge < -0.3 is 30.4 Å². The van der Waals surface area contributed by atoms with E-state index >= 15 is 0 Å². The van der Waals surface area contributed by atoms with E-state index < -0.39 is 30.3 Å². The number of unbranched alkanes of at least 4 members (excludes halogenated alkanes) is 3. The van der Waals surface area contributed by atoms with E-state index in [-0.39, 0.29) is 5.76 Å². The van der Waals surface area contributed by atoms with Gasteiger partial charge >= 0.3 is 11.9 Å². The monoisotopic (exact) mass is 418 g/mol. The van der Waals surface area contributed by atoms with Gasteiger partial charge in [0.15, 0.2) is 5.76 Å². The van der Waals surface area contributed by atoms with Gasteiger partial charge in [0.25, 0.3) is 5.91 Å². The van der Waals surface area contributed by atoms with Crippen molar-refractivity contribution in [2.75, 3.05) is 13.2 Å². The third-order valence-electron chi connectivity index (χ3n) is 4.32. The second-order valence-corrected chi connectivity index (χ2v) is 6.70. The van der Waals surface area contributed by atoms with E-state index in [2.05, 4.69) is 5.32 Å². The lowest BCUT2D eigenvalue weighted by molar-refractivity contribution is -0.145. The second-order valence-electron chi connectivity index (χ2n) is 6.70. The molecule has 0 aliphatic heterocycles. The fraction of sp³-hybridized carbons (Fsp3) is 0.381. The van der Waals surface area contributed by atoms with Crippen LogP contribution < -0.4 is 15.8 Å². The van der Waals surface area contributed by atoms with Crippen LogP contribution in [0.4, 0.5) is 0 Å². The Hall–Kier alpha value is -3.33. The van der Waals surface area contributed by atoms with Crippen LogP contribution in [0.5, 0.6) is 5.75 Å². The van der Waals surface area contributed by atoms with E-state index in [0.717, 1.165) is 31.4 Å². The molecule has 0 unspecified atom stereocenters. The largest absolute Gasteiger partial charge is 0.494 e. The number of amides is 1. The topological polar surface area (TPSA) is 152 Å². The van der Waals surface area contributed by atoms with Gasteiger partial charge in [0.05, 0.1) is 13.0 Å². The Bertz CT molecular complexity index is 845. The number of hydrogen-bond acceptors (Lipinski definition) is 6. The lowest BCUT2D eigenvalue weighted by Gasteiger charge is -2.10. The molecule has 2 aromatic rings. The molecule has 1 aromatic carbocycles. The molecule has 0 spiro atoms. The molecular formula is C21H26N2O7. The summed E-state index contributed by atoms with van der Waals surface area (Å²) in [7, 11) is 0. The molecule has 0 aliphatic carbocycles. The number of carboxylic acid groups (broad SMARTS) is 2. The number of carboxylic acids is 2. The molecule has 1 atom stereocenters. The lowest BCUT2D eigenvalue weighted by Crippen LogP contribution is -2.42. The average molecular weight is 418 g/mol. The highest BCUT2D eigenvalue weighted by Crippen LogP contribution is 2.25. The lowest BCUT2D eigenvalue weighted by atomic mass is 10.1. The molecule has 5 N–H and O–H groups in total. The number of nitrogens with one attached hydrogen (secondary N) is 1. The highest BCUT2D eigenvalue weighted by Gasteiger charge is 2.25. The number of carbonyl (C=O) groups excluding carboxylic acids is 1. The molecule has 9 nitrogen and oxygen atoms in total. The molecule has 30 heavy (non-hydrogen) atoms. The molecule has 0 fully saturated rings. The van der Waals surface area contributed by atoms with Gasteiger partial charge in [-0.05, 0) is 55.8 Å². The first kappa shape index (κ1) is 23.0. The smallest absolute Gasteiger partial charge is 0.326 e. The van der Waals surface area contributed by atoms with Crippen LogP contribution in [0, 0.1) is 0 Å². The van der Waals surface area contributed by atoms with Crippen molar-refractivity contribution in [1.82, 2.24) is 5.32 Å². The maximum Gasteiger partial charge on any atom is 0.326 e. The van der Waals surface area contributed by atoms with Crippen LogP contribution in [-0.4, -0.2) is 47.3 Å². The first-order valence-corrected chi connectivity index (χ1v) is 9.69. The van der Waals surface area contributed by atoms with E-state index in [1.807, 2.05) is 0 Å². The van der Waals surface area contributed by atoms with Gasteiger partial charge in [-0.25, -0.2) is 4.79 Å². The van der Waals surface area contributed by atoms with Gasteiger partial charge in [0.1, 0.15) is 17.6 Å². The maximum absolute atomic E-state index is 12.2. The first-order valence-electron chi connectivity index (χ1n) is 9.69. The van der Waals surface area contributed by atoms with Crippen LogP contribution >= 0.6 is 0 Å². The Morgan fingerprint density at radius 2 is 1.70 bits per heavy atom. The molecular weight excluding hydrogens is 392 g/mol. The van der Waals surface area contributed by atoms with Crippen molar-refractivity contribution in [3.8, 4) is 17.1 Å². The maximum atomic E-state index is 12.2. The minimum Gasteiger partial charge on any atom is -0.494 e. The third kappa shape index (κ3) is 7.25. The normalized spacial score (nSPS) is 11.6. The van der Waals surface area contributed by atoms with Gasteiger partial charge in [0.2, 0.25) is 0 Å². The predicted octanol–water partition coefficient (Wildman–Crippen LogP) is 2.50. The number of carbonyl (C=O) groups is 3. The van der Waals surface area contributed by atoms with E-state index in [1.165, 1.54) is 6.07 Å². The molecule has 0 bridgehead atoms. The summed E-state index contributed by atoms with van der Waals surface area (Å²) < 4.78 is 11.2. The molecule has 2 rings (SSSR count). The number of furan rings is 1. The van der Waals surface area contributed by atoms with Crippen molar-refractivity contribution in [3.63, 3.8) is 0 Å². The summed E-state index contributed by atoms with van der Waals surface area (Å²) in [6, 6.07) is 8.60. The van der Waals surface area contributed by atoms with Gasteiger partial charge in [-0.1, -0.05) is 12.8 Å². The summed E-state index contributed by atoms with van der Waals surface area (Å²) in [5.74, 6) is -2.55. The quantitative estimate of drug-likeness (QED) is 0.362. The summed E-state index contributed by atoms with van der Waals surface area (Å²) in [6.07, 6.45) is 3.41. The van der Waals surface area contributed by atoms with Crippen LogP contribution in [0.2, 0.25) is 0 Å². The van der Waals surface area contributed by atoms with Crippen molar-refractivity contribution in [1.29, 1.82) is 0 Å². The van der Waals surface area contributed by atoms with Gasteiger partial charge in [-0.3, -0.25) is 9.59 Å². The Labute approximate surface area is 173 Å². The third-order valence-corrected chi connectivity index (χ3v) is 4.32. The molecule has 1 aromatic heterocycles. The highest BCUT2D eigenvalue weighted by molar-refractivity contribution is 5.95. The Kier molecular flexibility index (Phi) is 8.89. The summed E-state index contributed by atoms with van der Waals surface area (Å²) >= 11 is 0. The SMILES string of the molecule is NCCCCCCOc1ccc(-c2ccc(C(=O)N[C@@H](CC(=O)O)C(=O)O)o2)cc1. The zero-order chi connectivity index (χ0) is 21.9. The van der Waals surface area contributed by atoms with E-state index in [9.17, 15) is 14.4 Å². The van der Waals surface area contributed by atoms with Crippen LogP contribution in [0.15, 0.2) is 40.8 Å². The summed E-state index contributed by atoms with van der Waals surface area (Å²) in [5, 5.41) is 19.9. The van der Waals surface area contributed by atoms with Crippen LogP contribution in [0.25, 0.3) is 11.3 Å². The molecule has 162 valence electrons. The van der Waals surface area contributed by atoms with Crippen molar-refractivity contribution in [2.24, 2.45) is 5.73 Å². The average Bonchev–Trinajstić information content (AvgIpc) is 3.20. The van der Waals surface area contributed by atoms with Crippen LogP contribution in [0.1, 0.15) is 42.7 Å². The Morgan fingerprint density at radius 1 is 1.00 bits per heavy atom. The summed E-state index contributed by atoms with van der Waals surface area (Å²) in [5.41, 5.74) is 6.17. The number of nitrogens with two attached hydrogens (primary N) is 1. The molecule has 0 saturated carbocycles. The summed E-state index contributed by atoms with van der Waals surface area (Å²) in [6.45, 7) is 1.33. The summed E-state index contributed by atoms with van der Waals surface area (Å²) in [4.78, 5) is 34.0. The number of rotatable bonds is 13. The van der Waals surface area contributed by atoms with E-state index in [0.29, 0.717) is 24.5 Å². The molecule has 0 saturated heterocycles. The fourth-order valence-corrected chi connectivity index (χ4v) is 2.72. The zero-order valence-corrected chi connectivity index (χ0v) is 16.5. The highest BCUT2D eigenvalue weighted by atomic mass is 16.5. The van der Waals surface area contributed by atoms with Crippen molar-refractivity contribution < 1.29 is 33.8 Å². The molecule has 1 amide bonds. The molecule has 1 heterocycles. The first-order chi connectivity index (χ1) is 14.4. The molecule has 9 heteroatoms. The van der Waals surface area contributed by atoms with Gasteiger partial charge in [0, 0.05) is 5.56 Å². The van der Waals surface area contributed by atoms with Gasteiger partial charge in [-0.2, -0.15) is 0 Å². The minimum atomic E-state index is -1.55. The molecule has 0 aliphatic rings. The van der Waals surface area contributed by atoms with E-state index in [1.54, 1.807) is 30.3 Å². The zero-order valence-electron chi connectivity index (χ0n) is 16.5. The van der Waals surface area contributed by atoms with Crippen molar-refractivity contribution in [3.05, 3.63) is 42.2 Å². The van der Waals surface area contributed by atoms with Crippen molar-refractivity contribution in [2.45, 2.75) is 38.1 Å². The Balaban J connectivity index is 1.91. The number of ether oxygens (including phenoxy) is 1. The van der Waals surface area contributed by atoms with Gasteiger partial charge in [-0.15, -0.1) is 0 Å². The predicted molar refractivity (Wildman–Crippen MR) is 108 cm³/mol. The molecule has 0 radical (unpaired) electrons. The number of aliphatic carboxylic acids is 2. The number of benzene rings is 1. The van der Waals surface area contributed by atoms with E-state index in [4.69, 9.17) is 25.1 Å². The standard InChI is InChI=1S/C21H26N2O7/c22-11-3-1-2-4-12-29-15-7-5-14(6-8-15)17-9-10-18(30-17)20(26)23-16(21(27)28)13-19(24)25/h5-10,16H,1-4,11-13,22H2,(H,23,26)(H,24,25)(H,27,28)/t16-/m0/s1. The van der Waals surface area contributed by atoms with Crippen LogP contribution in [0.3, 0.4) is 0 Å². The van der Waals surface area contributed by atoms with Crippen molar-refractivity contribution >= 4 is 17.8 Å². The second kappa shape index (κ2) is 11.6. The Morgan fingerprint density at radius 3 is 2.33 bits per heavy atom. The number of hydrogen-bond donors (Lipinski definition) is 4. The fourth-order valence-electron chi connectivity index (χ4n) is 2.72. The van der Waals surface area contributed by atoms with Crippen LogP contribution in [-0.2, 0) is 9.59 Å². The minimum absolute atomic E-state index is 0.112.